The average Bonchev–Trinajstić information content (AvgIpc) is 2.47. The smallest absolute Gasteiger partial charge is 0.338 e. The van der Waals surface area contributed by atoms with Crippen molar-refractivity contribution >= 4 is 5.97 Å². The number of piperidine rings is 1. The van der Waals surface area contributed by atoms with Gasteiger partial charge in [0.2, 0.25) is 0 Å². The highest BCUT2D eigenvalue weighted by Crippen LogP contribution is 2.22. The van der Waals surface area contributed by atoms with E-state index in [1.807, 2.05) is 31.2 Å². The van der Waals surface area contributed by atoms with E-state index in [0.29, 0.717) is 5.56 Å². The van der Waals surface area contributed by atoms with E-state index in [0.717, 1.165) is 19.6 Å². The van der Waals surface area contributed by atoms with Crippen LogP contribution < -0.4 is 0 Å². The van der Waals surface area contributed by atoms with Gasteiger partial charge in [-0.1, -0.05) is 39.3 Å². The molecule has 0 radical (unpaired) electrons. The van der Waals surface area contributed by atoms with Crippen LogP contribution in [0, 0.1) is 0 Å². The Hall–Kier alpha value is -1.35. The predicted molar refractivity (Wildman–Crippen MR) is 90.3 cm³/mol. The van der Waals surface area contributed by atoms with Gasteiger partial charge in [-0.2, -0.15) is 0 Å². The summed E-state index contributed by atoms with van der Waals surface area (Å²) in [5, 5.41) is 0. The minimum absolute atomic E-state index is 0.0621. The first-order valence-corrected chi connectivity index (χ1v) is 8.40. The third-order valence-corrected chi connectivity index (χ3v) is 4.26. The third kappa shape index (κ3) is 4.84. The lowest BCUT2D eigenvalue weighted by Gasteiger charge is -2.28. The zero-order chi connectivity index (χ0) is 16.2. The van der Waals surface area contributed by atoms with Crippen LogP contribution in [0.4, 0.5) is 0 Å². The monoisotopic (exact) mass is 303 g/mol. The quantitative estimate of drug-likeness (QED) is 0.787. The number of likely N-dealkylation sites (tertiary alicyclic amines) is 1. The second-order valence-corrected chi connectivity index (χ2v) is 7.40. The molecule has 22 heavy (non-hydrogen) atoms. The van der Waals surface area contributed by atoms with Crippen LogP contribution in [0.15, 0.2) is 24.3 Å². The molecule has 1 atom stereocenters. The Morgan fingerprint density at radius 3 is 2.27 bits per heavy atom. The van der Waals surface area contributed by atoms with Gasteiger partial charge in [-0.05, 0) is 56.0 Å². The molecule has 0 aliphatic carbocycles. The summed E-state index contributed by atoms with van der Waals surface area (Å²) in [5.41, 5.74) is 1.97. The third-order valence-electron chi connectivity index (χ3n) is 4.26. The maximum absolute atomic E-state index is 12.2. The van der Waals surface area contributed by atoms with Gasteiger partial charge in [0.05, 0.1) is 5.56 Å². The largest absolute Gasteiger partial charge is 0.458 e. The molecule has 0 bridgehead atoms. The number of carbonyl (C=O) groups excluding carboxylic acids is 1. The average molecular weight is 303 g/mol. The first-order valence-electron chi connectivity index (χ1n) is 8.40. The molecule has 3 nitrogen and oxygen atoms in total. The molecule has 0 aromatic heterocycles. The van der Waals surface area contributed by atoms with Gasteiger partial charge in [-0.25, -0.2) is 4.79 Å². The highest BCUT2D eigenvalue weighted by Gasteiger charge is 2.18. The van der Waals surface area contributed by atoms with Gasteiger partial charge in [0.1, 0.15) is 6.10 Å². The van der Waals surface area contributed by atoms with E-state index in [1.54, 1.807) is 0 Å². The van der Waals surface area contributed by atoms with Crippen LogP contribution in [-0.4, -0.2) is 36.6 Å². The molecule has 0 saturated carbocycles. The molecule has 1 heterocycles. The van der Waals surface area contributed by atoms with Crippen LogP contribution in [0.2, 0.25) is 0 Å². The molecule has 122 valence electrons. The summed E-state index contributed by atoms with van der Waals surface area (Å²) in [6, 6.07) is 7.78. The van der Waals surface area contributed by atoms with Crippen molar-refractivity contribution in [2.45, 2.75) is 58.5 Å². The summed E-state index contributed by atoms with van der Waals surface area (Å²) >= 11 is 0. The van der Waals surface area contributed by atoms with E-state index in [1.165, 1.54) is 24.8 Å². The molecule has 1 saturated heterocycles. The molecule has 1 aliphatic rings. The summed E-state index contributed by atoms with van der Waals surface area (Å²) in [6.07, 6.45) is 3.78. The Bertz CT molecular complexity index is 481. The van der Waals surface area contributed by atoms with Crippen molar-refractivity contribution in [1.29, 1.82) is 0 Å². The van der Waals surface area contributed by atoms with E-state index >= 15 is 0 Å². The second kappa shape index (κ2) is 7.28. The molecule has 3 heteroatoms. The second-order valence-electron chi connectivity index (χ2n) is 7.40. The van der Waals surface area contributed by atoms with Gasteiger partial charge in [-0.15, -0.1) is 0 Å². The van der Waals surface area contributed by atoms with Crippen LogP contribution in [0.5, 0.6) is 0 Å². The lowest BCUT2D eigenvalue weighted by molar-refractivity contribution is 0.0236. The van der Waals surface area contributed by atoms with E-state index in [4.69, 9.17) is 4.74 Å². The van der Waals surface area contributed by atoms with Crippen molar-refractivity contribution < 1.29 is 9.53 Å². The standard InChI is InChI=1S/C19H29NO2/c1-15(14-20-12-6-5-7-13-20)22-18(21)16-8-10-17(11-9-16)19(2,3)4/h8-11,15H,5-7,12-14H2,1-4H3/t15-/m1/s1. The minimum Gasteiger partial charge on any atom is -0.458 e. The SMILES string of the molecule is C[C@H](CN1CCCCC1)OC(=O)c1ccc(C(C)(C)C)cc1. The number of nitrogens with zero attached hydrogens (tertiary/aromatic N) is 1. The Balaban J connectivity index is 1.88. The first-order chi connectivity index (χ1) is 10.4. The van der Waals surface area contributed by atoms with Gasteiger partial charge in [0.15, 0.2) is 0 Å². The zero-order valence-electron chi connectivity index (χ0n) is 14.4. The number of benzene rings is 1. The van der Waals surface area contributed by atoms with Gasteiger partial charge < -0.3 is 4.74 Å². The number of hydrogen-bond acceptors (Lipinski definition) is 3. The van der Waals surface area contributed by atoms with Gasteiger partial charge >= 0.3 is 5.97 Å². The fourth-order valence-corrected chi connectivity index (χ4v) is 2.90. The van der Waals surface area contributed by atoms with Crippen molar-refractivity contribution in [1.82, 2.24) is 4.90 Å². The Morgan fingerprint density at radius 2 is 1.73 bits per heavy atom. The fourth-order valence-electron chi connectivity index (χ4n) is 2.90. The van der Waals surface area contributed by atoms with Crippen molar-refractivity contribution in [3.8, 4) is 0 Å². The number of carbonyl (C=O) groups is 1. The van der Waals surface area contributed by atoms with Crippen LogP contribution in [-0.2, 0) is 10.2 Å². The predicted octanol–water partition coefficient (Wildman–Crippen LogP) is 4.02. The fraction of sp³-hybridized carbons (Fsp3) is 0.632. The molecular formula is C19H29NO2. The van der Waals surface area contributed by atoms with Crippen LogP contribution >= 0.6 is 0 Å². The number of ether oxygens (including phenoxy) is 1. The molecule has 0 spiro atoms. The molecular weight excluding hydrogens is 274 g/mol. The van der Waals surface area contributed by atoms with E-state index in [-0.39, 0.29) is 17.5 Å². The van der Waals surface area contributed by atoms with E-state index in [2.05, 4.69) is 25.7 Å². The summed E-state index contributed by atoms with van der Waals surface area (Å²) in [4.78, 5) is 14.6. The summed E-state index contributed by atoms with van der Waals surface area (Å²) in [6.45, 7) is 11.6. The van der Waals surface area contributed by atoms with Crippen LogP contribution in [0.1, 0.15) is 62.9 Å². The molecule has 2 rings (SSSR count). The Labute approximate surface area is 134 Å². The maximum Gasteiger partial charge on any atom is 0.338 e. The van der Waals surface area contributed by atoms with Crippen LogP contribution in [0.3, 0.4) is 0 Å². The van der Waals surface area contributed by atoms with Gasteiger partial charge in [0.25, 0.3) is 0 Å². The maximum atomic E-state index is 12.2. The van der Waals surface area contributed by atoms with Crippen molar-refractivity contribution in [2.24, 2.45) is 0 Å². The van der Waals surface area contributed by atoms with Crippen LogP contribution in [0.25, 0.3) is 0 Å². The summed E-state index contributed by atoms with van der Waals surface area (Å²) < 4.78 is 5.58. The first kappa shape index (κ1) is 17.0. The number of esters is 1. The Kier molecular flexibility index (Phi) is 5.63. The molecule has 1 fully saturated rings. The molecule has 0 unspecified atom stereocenters. The van der Waals surface area contributed by atoms with Crippen molar-refractivity contribution in [3.05, 3.63) is 35.4 Å². The molecule has 1 aromatic rings. The normalized spacial score (nSPS) is 18.0. The topological polar surface area (TPSA) is 29.5 Å². The molecule has 0 N–H and O–H groups in total. The minimum atomic E-state index is -0.218. The van der Waals surface area contributed by atoms with Gasteiger partial charge in [-0.3, -0.25) is 4.90 Å². The lowest BCUT2D eigenvalue weighted by atomic mass is 9.87. The van der Waals surface area contributed by atoms with Crippen molar-refractivity contribution in [2.75, 3.05) is 19.6 Å². The summed E-state index contributed by atoms with van der Waals surface area (Å²) in [7, 11) is 0. The lowest BCUT2D eigenvalue weighted by Crippen LogP contribution is -2.37. The highest BCUT2D eigenvalue weighted by molar-refractivity contribution is 5.89. The zero-order valence-corrected chi connectivity index (χ0v) is 14.4. The molecule has 1 aromatic carbocycles. The van der Waals surface area contributed by atoms with Gasteiger partial charge in [0, 0.05) is 6.54 Å². The molecule has 0 amide bonds. The highest BCUT2D eigenvalue weighted by atomic mass is 16.5. The Morgan fingerprint density at radius 1 is 1.14 bits per heavy atom. The van der Waals surface area contributed by atoms with Crippen molar-refractivity contribution in [3.63, 3.8) is 0 Å². The summed E-state index contributed by atoms with van der Waals surface area (Å²) in [5.74, 6) is -0.218. The van der Waals surface area contributed by atoms with E-state index < -0.39 is 0 Å². The van der Waals surface area contributed by atoms with E-state index in [9.17, 15) is 4.79 Å². The number of hydrogen-bond donors (Lipinski definition) is 0. The number of rotatable bonds is 4. The molecule has 1 aliphatic heterocycles.